The molecule has 3 N–H and O–H groups in total. The van der Waals surface area contributed by atoms with Crippen LogP contribution in [0.5, 0.6) is 0 Å². The number of aryl methyl sites for hydroxylation is 1. The summed E-state index contributed by atoms with van der Waals surface area (Å²) in [6, 6.07) is 1.82. The van der Waals surface area contributed by atoms with Crippen LogP contribution in [0.15, 0.2) is 12.3 Å². The monoisotopic (exact) mass is 196 g/mol. The van der Waals surface area contributed by atoms with Gasteiger partial charge in [-0.05, 0) is 25.5 Å². The quantitative estimate of drug-likeness (QED) is 0.751. The molecule has 1 aromatic heterocycles. The molecule has 4 heteroatoms. The Morgan fingerprint density at radius 1 is 1.64 bits per heavy atom. The van der Waals surface area contributed by atoms with Crippen molar-refractivity contribution in [2.75, 3.05) is 19.5 Å². The van der Waals surface area contributed by atoms with Crippen molar-refractivity contribution in [1.82, 2.24) is 4.98 Å². The zero-order valence-electron chi connectivity index (χ0n) is 8.74. The van der Waals surface area contributed by atoms with Crippen LogP contribution in [-0.2, 0) is 10.3 Å². The van der Waals surface area contributed by atoms with E-state index < -0.39 is 5.60 Å². The van der Waals surface area contributed by atoms with Crippen LogP contribution in [0.2, 0.25) is 0 Å². The normalized spacial score (nSPS) is 15.1. The highest BCUT2D eigenvalue weighted by molar-refractivity contribution is 5.47. The SMILES string of the molecule is COCC(C)(O)c1c(C)ccnc1N. The van der Waals surface area contributed by atoms with Gasteiger partial charge in [-0.3, -0.25) is 0 Å². The van der Waals surface area contributed by atoms with Gasteiger partial charge in [-0.15, -0.1) is 0 Å². The van der Waals surface area contributed by atoms with Gasteiger partial charge in [-0.2, -0.15) is 0 Å². The van der Waals surface area contributed by atoms with Crippen molar-refractivity contribution in [2.45, 2.75) is 19.4 Å². The second-order valence-electron chi connectivity index (χ2n) is 3.59. The molecule has 0 saturated heterocycles. The van der Waals surface area contributed by atoms with Gasteiger partial charge in [0, 0.05) is 18.9 Å². The van der Waals surface area contributed by atoms with Gasteiger partial charge in [0.15, 0.2) is 0 Å². The van der Waals surface area contributed by atoms with E-state index in [0.717, 1.165) is 5.56 Å². The minimum atomic E-state index is -1.09. The maximum absolute atomic E-state index is 10.1. The summed E-state index contributed by atoms with van der Waals surface area (Å²) in [5.41, 5.74) is 6.18. The summed E-state index contributed by atoms with van der Waals surface area (Å²) in [4.78, 5) is 3.95. The third-order valence-electron chi connectivity index (χ3n) is 2.15. The third kappa shape index (κ3) is 2.02. The van der Waals surface area contributed by atoms with Gasteiger partial charge in [-0.1, -0.05) is 0 Å². The van der Waals surface area contributed by atoms with Crippen LogP contribution in [0.3, 0.4) is 0 Å². The summed E-state index contributed by atoms with van der Waals surface area (Å²) < 4.78 is 4.94. The summed E-state index contributed by atoms with van der Waals surface area (Å²) in [5, 5.41) is 10.1. The molecule has 0 bridgehead atoms. The zero-order valence-corrected chi connectivity index (χ0v) is 8.74. The van der Waals surface area contributed by atoms with Crippen LogP contribution >= 0.6 is 0 Å². The lowest BCUT2D eigenvalue weighted by Crippen LogP contribution is -2.29. The highest BCUT2D eigenvalue weighted by Crippen LogP contribution is 2.27. The predicted molar refractivity (Wildman–Crippen MR) is 54.8 cm³/mol. The van der Waals surface area contributed by atoms with E-state index in [-0.39, 0.29) is 6.61 Å². The molecule has 0 saturated carbocycles. The number of nitrogen functional groups attached to an aromatic ring is 1. The molecule has 0 radical (unpaired) electrons. The standard InChI is InChI=1S/C10H16N2O2/c1-7-4-5-12-9(11)8(7)10(2,13)6-14-3/h4-5,13H,6H2,1-3H3,(H2,11,12). The summed E-state index contributed by atoms with van der Waals surface area (Å²) in [6.45, 7) is 3.75. The number of ether oxygens (including phenoxy) is 1. The molecule has 0 fully saturated rings. The summed E-state index contributed by atoms with van der Waals surface area (Å²) in [5.74, 6) is 0.354. The number of hydrogen-bond donors (Lipinski definition) is 2. The Morgan fingerprint density at radius 3 is 2.79 bits per heavy atom. The number of nitrogens with two attached hydrogens (primary N) is 1. The van der Waals surface area contributed by atoms with Gasteiger partial charge in [0.1, 0.15) is 11.4 Å². The number of hydrogen-bond acceptors (Lipinski definition) is 4. The Labute approximate surface area is 83.7 Å². The minimum absolute atomic E-state index is 0.198. The lowest BCUT2D eigenvalue weighted by atomic mass is 9.93. The molecule has 78 valence electrons. The van der Waals surface area contributed by atoms with Gasteiger partial charge in [0.25, 0.3) is 0 Å². The van der Waals surface area contributed by atoms with Gasteiger partial charge < -0.3 is 15.6 Å². The highest BCUT2D eigenvalue weighted by atomic mass is 16.5. The van der Waals surface area contributed by atoms with Crippen molar-refractivity contribution >= 4 is 5.82 Å². The lowest BCUT2D eigenvalue weighted by Gasteiger charge is -2.25. The number of anilines is 1. The Balaban J connectivity index is 3.17. The topological polar surface area (TPSA) is 68.4 Å². The molecule has 0 aliphatic rings. The van der Waals surface area contributed by atoms with E-state index >= 15 is 0 Å². The Bertz CT molecular complexity index is 304. The second kappa shape index (κ2) is 3.94. The number of pyridine rings is 1. The molecule has 0 amide bonds. The number of nitrogens with zero attached hydrogens (tertiary/aromatic N) is 1. The average Bonchev–Trinajstić information content (AvgIpc) is 2.02. The van der Waals surface area contributed by atoms with E-state index in [1.54, 1.807) is 13.1 Å². The lowest BCUT2D eigenvalue weighted by molar-refractivity contribution is -0.0208. The van der Waals surface area contributed by atoms with E-state index in [1.807, 2.05) is 13.0 Å². The van der Waals surface area contributed by atoms with Crippen molar-refractivity contribution in [1.29, 1.82) is 0 Å². The molecule has 0 aliphatic carbocycles. The molecule has 1 unspecified atom stereocenters. The molecule has 1 rings (SSSR count). The molecule has 0 aromatic carbocycles. The number of aliphatic hydroxyl groups is 1. The van der Waals surface area contributed by atoms with E-state index in [0.29, 0.717) is 11.4 Å². The zero-order chi connectivity index (χ0) is 10.8. The van der Waals surface area contributed by atoms with Gasteiger partial charge in [-0.25, -0.2) is 4.98 Å². The average molecular weight is 196 g/mol. The molecule has 1 aromatic rings. The van der Waals surface area contributed by atoms with Crippen molar-refractivity contribution < 1.29 is 9.84 Å². The number of methoxy groups -OCH3 is 1. The van der Waals surface area contributed by atoms with Crippen molar-refractivity contribution in [3.05, 3.63) is 23.4 Å². The molecule has 4 nitrogen and oxygen atoms in total. The molecule has 0 aliphatic heterocycles. The first-order chi connectivity index (χ1) is 6.49. The van der Waals surface area contributed by atoms with E-state index in [4.69, 9.17) is 10.5 Å². The van der Waals surface area contributed by atoms with E-state index in [9.17, 15) is 5.11 Å². The maximum atomic E-state index is 10.1. The highest BCUT2D eigenvalue weighted by Gasteiger charge is 2.27. The first kappa shape index (κ1) is 10.9. The molecule has 0 spiro atoms. The van der Waals surface area contributed by atoms with Crippen LogP contribution < -0.4 is 5.73 Å². The number of rotatable bonds is 3. The smallest absolute Gasteiger partial charge is 0.129 e. The van der Waals surface area contributed by atoms with Crippen LogP contribution in [0, 0.1) is 6.92 Å². The predicted octanol–water partition coefficient (Wildman–Crippen LogP) is 0.826. The van der Waals surface area contributed by atoms with Gasteiger partial charge in [0.05, 0.1) is 6.61 Å². The molecule has 1 atom stereocenters. The fourth-order valence-electron chi connectivity index (χ4n) is 1.63. The Kier molecular flexibility index (Phi) is 3.08. The van der Waals surface area contributed by atoms with E-state index in [1.165, 1.54) is 7.11 Å². The largest absolute Gasteiger partial charge is 0.383 e. The maximum Gasteiger partial charge on any atom is 0.129 e. The number of aromatic nitrogens is 1. The first-order valence-corrected chi connectivity index (χ1v) is 4.42. The fraction of sp³-hybridized carbons (Fsp3) is 0.500. The van der Waals surface area contributed by atoms with Crippen molar-refractivity contribution in [3.8, 4) is 0 Å². The molecule has 1 heterocycles. The Morgan fingerprint density at radius 2 is 2.29 bits per heavy atom. The van der Waals surface area contributed by atoms with Crippen LogP contribution in [0.4, 0.5) is 5.82 Å². The molecule has 14 heavy (non-hydrogen) atoms. The van der Waals surface area contributed by atoms with Crippen LogP contribution in [-0.4, -0.2) is 23.8 Å². The van der Waals surface area contributed by atoms with Gasteiger partial charge in [0.2, 0.25) is 0 Å². The van der Waals surface area contributed by atoms with Crippen molar-refractivity contribution in [3.63, 3.8) is 0 Å². The first-order valence-electron chi connectivity index (χ1n) is 4.42. The second-order valence-corrected chi connectivity index (χ2v) is 3.59. The van der Waals surface area contributed by atoms with Gasteiger partial charge >= 0.3 is 0 Å². The third-order valence-corrected chi connectivity index (χ3v) is 2.15. The summed E-state index contributed by atoms with van der Waals surface area (Å²) in [7, 11) is 1.54. The minimum Gasteiger partial charge on any atom is -0.383 e. The Hall–Kier alpha value is -1.13. The summed E-state index contributed by atoms with van der Waals surface area (Å²) >= 11 is 0. The molecular weight excluding hydrogens is 180 g/mol. The fourth-order valence-corrected chi connectivity index (χ4v) is 1.63. The van der Waals surface area contributed by atoms with Crippen LogP contribution in [0.25, 0.3) is 0 Å². The van der Waals surface area contributed by atoms with Crippen LogP contribution in [0.1, 0.15) is 18.1 Å². The molecular formula is C10H16N2O2. The van der Waals surface area contributed by atoms with Crippen molar-refractivity contribution in [2.24, 2.45) is 0 Å². The van der Waals surface area contributed by atoms with E-state index in [2.05, 4.69) is 4.98 Å². The summed E-state index contributed by atoms with van der Waals surface area (Å²) in [6.07, 6.45) is 1.62.